The van der Waals surface area contributed by atoms with Gasteiger partial charge in [0.15, 0.2) is 12.7 Å². The Morgan fingerprint density at radius 2 is 1.49 bits per heavy atom. The van der Waals surface area contributed by atoms with Crippen molar-refractivity contribution >= 4 is 22.9 Å². The van der Waals surface area contributed by atoms with E-state index in [1.165, 1.54) is 76.2 Å². The Kier molecular flexibility index (Phi) is 14.7. The van der Waals surface area contributed by atoms with Crippen molar-refractivity contribution in [2.45, 2.75) is 110 Å². The van der Waals surface area contributed by atoms with E-state index in [-0.39, 0.29) is 5.91 Å². The summed E-state index contributed by atoms with van der Waals surface area (Å²) in [6.07, 6.45) is 18.7. The summed E-state index contributed by atoms with van der Waals surface area (Å²) in [6.45, 7) is 6.29. The Bertz CT molecular complexity index is 1070. The summed E-state index contributed by atoms with van der Waals surface area (Å²) in [6, 6.07) is 16.5. The highest BCUT2D eigenvalue weighted by Crippen LogP contribution is 2.23. The molecule has 0 saturated heterocycles. The third kappa shape index (κ3) is 11.9. The van der Waals surface area contributed by atoms with Gasteiger partial charge in [-0.3, -0.25) is 4.79 Å². The number of carbonyl (C=O) groups is 1. The van der Waals surface area contributed by atoms with Crippen molar-refractivity contribution in [1.29, 1.82) is 0 Å². The maximum Gasteiger partial charge on any atom is 0.227 e. The smallest absolute Gasteiger partial charge is 0.227 e. The van der Waals surface area contributed by atoms with Gasteiger partial charge < -0.3 is 9.64 Å². The number of nitrogens with zero attached hydrogens (tertiary/aromatic N) is 2. The number of aromatic nitrogens is 1. The van der Waals surface area contributed by atoms with Crippen LogP contribution in [0.2, 0.25) is 0 Å². The Balaban J connectivity index is 1.41. The molecule has 0 spiro atoms. The number of hydrogen-bond donors (Lipinski definition) is 0. The quantitative estimate of drug-likeness (QED) is 0.104. The predicted molar refractivity (Wildman–Crippen MR) is 165 cm³/mol. The lowest BCUT2D eigenvalue weighted by Crippen LogP contribution is -2.32. The Morgan fingerprint density at radius 3 is 2.15 bits per heavy atom. The minimum absolute atomic E-state index is 0.123. The number of ether oxygens (including phenoxy) is 1. The van der Waals surface area contributed by atoms with Crippen molar-refractivity contribution in [3.63, 3.8) is 0 Å². The van der Waals surface area contributed by atoms with Crippen molar-refractivity contribution < 1.29 is 14.1 Å². The van der Waals surface area contributed by atoms with E-state index in [4.69, 9.17) is 4.74 Å². The summed E-state index contributed by atoms with van der Waals surface area (Å²) in [4.78, 5) is 14.8. The van der Waals surface area contributed by atoms with Gasteiger partial charge in [0.25, 0.3) is 0 Å². The second-order valence-electron chi connectivity index (χ2n) is 10.6. The number of amides is 1. The standard InChI is InChI=1S/C34H49N2O2S/c1-3-5-6-7-8-9-10-11-12-13-14-15-23-38-33-21-17-19-31(26-33)28-36(34(37)4-2)32-20-16-18-30(25-32)27-35-22-24-39-29-35/h16-22,24-26,29H,3-15,23,27-28H2,1-2H3/q+1. The van der Waals surface area contributed by atoms with Crippen LogP contribution in [-0.2, 0) is 17.9 Å². The van der Waals surface area contributed by atoms with Crippen molar-refractivity contribution in [3.05, 3.63) is 76.7 Å². The second kappa shape index (κ2) is 18.6. The second-order valence-corrected chi connectivity index (χ2v) is 11.3. The van der Waals surface area contributed by atoms with Crippen molar-refractivity contribution in [1.82, 2.24) is 0 Å². The molecule has 1 amide bonds. The third-order valence-electron chi connectivity index (χ3n) is 7.22. The number of anilines is 1. The van der Waals surface area contributed by atoms with Gasteiger partial charge in [0, 0.05) is 17.7 Å². The zero-order chi connectivity index (χ0) is 27.5. The van der Waals surface area contributed by atoms with Gasteiger partial charge in [0.2, 0.25) is 11.4 Å². The van der Waals surface area contributed by atoms with Gasteiger partial charge in [-0.25, -0.2) is 0 Å². The molecule has 212 valence electrons. The molecule has 1 heterocycles. The molecular formula is C34H49N2O2S+. The van der Waals surface area contributed by atoms with Gasteiger partial charge in [-0.2, -0.15) is 4.57 Å². The Labute approximate surface area is 241 Å². The van der Waals surface area contributed by atoms with Crippen LogP contribution < -0.4 is 14.2 Å². The molecule has 2 aromatic carbocycles. The summed E-state index contributed by atoms with van der Waals surface area (Å²) < 4.78 is 8.25. The Hall–Kier alpha value is -2.66. The van der Waals surface area contributed by atoms with E-state index in [1.54, 1.807) is 11.3 Å². The van der Waals surface area contributed by atoms with E-state index >= 15 is 0 Å². The van der Waals surface area contributed by atoms with Crippen LogP contribution >= 0.6 is 11.3 Å². The molecule has 0 aliphatic carbocycles. The van der Waals surface area contributed by atoms with Gasteiger partial charge in [-0.1, -0.05) is 120 Å². The zero-order valence-electron chi connectivity index (χ0n) is 24.3. The summed E-state index contributed by atoms with van der Waals surface area (Å²) in [5.74, 6) is 1.01. The summed E-state index contributed by atoms with van der Waals surface area (Å²) in [7, 11) is 0. The van der Waals surface area contributed by atoms with E-state index in [2.05, 4.69) is 52.8 Å². The van der Waals surface area contributed by atoms with Crippen LogP contribution in [0, 0.1) is 0 Å². The summed E-state index contributed by atoms with van der Waals surface area (Å²) >= 11 is 1.68. The topological polar surface area (TPSA) is 33.4 Å². The summed E-state index contributed by atoms with van der Waals surface area (Å²) in [5, 5.41) is 2.07. The number of carbonyl (C=O) groups excluding carboxylic acids is 1. The van der Waals surface area contributed by atoms with Crippen LogP contribution in [-0.4, -0.2) is 12.5 Å². The van der Waals surface area contributed by atoms with E-state index in [0.717, 1.165) is 36.6 Å². The lowest BCUT2D eigenvalue weighted by Gasteiger charge is -2.23. The van der Waals surface area contributed by atoms with E-state index in [1.807, 2.05) is 36.1 Å². The number of hydrogen-bond acceptors (Lipinski definition) is 3. The molecule has 3 aromatic rings. The van der Waals surface area contributed by atoms with Crippen LogP contribution in [0.4, 0.5) is 5.69 Å². The molecule has 39 heavy (non-hydrogen) atoms. The van der Waals surface area contributed by atoms with E-state index in [9.17, 15) is 4.79 Å². The highest BCUT2D eigenvalue weighted by atomic mass is 32.1. The molecule has 4 nitrogen and oxygen atoms in total. The lowest BCUT2D eigenvalue weighted by molar-refractivity contribution is -0.683. The molecule has 0 radical (unpaired) electrons. The van der Waals surface area contributed by atoms with Crippen LogP contribution in [0.3, 0.4) is 0 Å². The lowest BCUT2D eigenvalue weighted by atomic mass is 10.1. The maximum absolute atomic E-state index is 12.9. The highest BCUT2D eigenvalue weighted by Gasteiger charge is 2.16. The van der Waals surface area contributed by atoms with Crippen molar-refractivity contribution in [2.24, 2.45) is 0 Å². The monoisotopic (exact) mass is 549 g/mol. The number of rotatable bonds is 20. The van der Waals surface area contributed by atoms with Crippen LogP contribution in [0.25, 0.3) is 0 Å². The fraction of sp³-hybridized carbons (Fsp3) is 0.529. The molecule has 3 rings (SSSR count). The minimum atomic E-state index is 0.123. The maximum atomic E-state index is 12.9. The highest BCUT2D eigenvalue weighted by molar-refractivity contribution is 7.07. The van der Waals surface area contributed by atoms with E-state index in [0.29, 0.717) is 13.0 Å². The molecular weight excluding hydrogens is 500 g/mol. The predicted octanol–water partition coefficient (Wildman–Crippen LogP) is 9.11. The molecule has 0 fully saturated rings. The first-order chi connectivity index (χ1) is 19.2. The first-order valence-electron chi connectivity index (χ1n) is 15.2. The third-order valence-corrected chi connectivity index (χ3v) is 7.90. The fourth-order valence-electron chi connectivity index (χ4n) is 4.95. The molecule has 0 bridgehead atoms. The largest absolute Gasteiger partial charge is 0.494 e. The first kappa shape index (κ1) is 30.9. The van der Waals surface area contributed by atoms with Gasteiger partial charge in [0.1, 0.15) is 5.75 Å². The molecule has 0 atom stereocenters. The van der Waals surface area contributed by atoms with Crippen molar-refractivity contribution in [2.75, 3.05) is 11.5 Å². The minimum Gasteiger partial charge on any atom is -0.494 e. The van der Waals surface area contributed by atoms with Crippen LogP contribution in [0.1, 0.15) is 108 Å². The fourth-order valence-corrected chi connectivity index (χ4v) is 5.55. The molecule has 0 aliphatic heterocycles. The molecule has 0 N–H and O–H groups in total. The average molecular weight is 550 g/mol. The van der Waals surface area contributed by atoms with E-state index < -0.39 is 0 Å². The molecule has 1 aromatic heterocycles. The Morgan fingerprint density at radius 1 is 0.821 bits per heavy atom. The van der Waals surface area contributed by atoms with Gasteiger partial charge in [0.05, 0.1) is 18.5 Å². The van der Waals surface area contributed by atoms with Crippen LogP contribution in [0.15, 0.2) is 65.6 Å². The van der Waals surface area contributed by atoms with Gasteiger partial charge in [-0.15, -0.1) is 0 Å². The number of benzene rings is 2. The summed E-state index contributed by atoms with van der Waals surface area (Å²) in [5.41, 5.74) is 5.31. The molecule has 0 unspecified atom stereocenters. The first-order valence-corrected chi connectivity index (χ1v) is 16.2. The van der Waals surface area contributed by atoms with Gasteiger partial charge in [-0.05, 0) is 36.2 Å². The SMILES string of the molecule is CCCCCCCCCCCCCCOc1cccc(CN(C(=O)CC)c2cccc(C[n+]3ccsc3)c2)c1. The average Bonchev–Trinajstić information content (AvgIpc) is 3.47. The molecule has 0 saturated carbocycles. The normalized spacial score (nSPS) is 11.0. The zero-order valence-corrected chi connectivity index (χ0v) is 25.1. The molecule has 5 heteroatoms. The number of thiazole rings is 1. The van der Waals surface area contributed by atoms with Crippen LogP contribution in [0.5, 0.6) is 5.75 Å². The molecule has 0 aliphatic rings. The number of unbranched alkanes of at least 4 members (excludes halogenated alkanes) is 11. The van der Waals surface area contributed by atoms with Gasteiger partial charge >= 0.3 is 0 Å². The van der Waals surface area contributed by atoms with Crippen molar-refractivity contribution in [3.8, 4) is 5.75 Å².